The summed E-state index contributed by atoms with van der Waals surface area (Å²) in [4.78, 5) is 11.4. The Balaban J connectivity index is 2.64. The monoisotopic (exact) mass is 244 g/mol. The van der Waals surface area contributed by atoms with E-state index < -0.39 is 10.7 Å². The Morgan fingerprint density at radius 1 is 1.50 bits per heavy atom. The van der Waals surface area contributed by atoms with Gasteiger partial charge < -0.3 is 5.11 Å². The molecular weight excluding hydrogens is 220 g/mol. The van der Waals surface area contributed by atoms with Crippen LogP contribution in [-0.2, 0) is 4.79 Å². The molecule has 1 atom stereocenters. The first-order chi connectivity index (χ1) is 7.21. The molecule has 0 aromatic carbocycles. The minimum absolute atomic E-state index is 0.245. The number of aliphatic carboxylic acids is 1. The number of hydrogen-bond acceptors (Lipinski definition) is 2. The number of thioether (sulfide) groups is 1. The summed E-state index contributed by atoms with van der Waals surface area (Å²) < 4.78 is -0.493. The van der Waals surface area contributed by atoms with Crippen LogP contribution in [0.2, 0.25) is 0 Å². The summed E-state index contributed by atoms with van der Waals surface area (Å²) in [5.41, 5.74) is 0.245. The van der Waals surface area contributed by atoms with Gasteiger partial charge in [0.1, 0.15) is 4.75 Å². The second-order valence-electron chi connectivity index (χ2n) is 6.11. The van der Waals surface area contributed by atoms with Crippen LogP contribution in [-0.4, -0.2) is 21.1 Å². The third kappa shape index (κ3) is 2.73. The molecule has 0 saturated heterocycles. The first kappa shape index (κ1) is 13.9. The van der Waals surface area contributed by atoms with Crippen molar-refractivity contribution in [1.29, 1.82) is 0 Å². The second kappa shape index (κ2) is 4.59. The van der Waals surface area contributed by atoms with Gasteiger partial charge in [0.05, 0.1) is 0 Å². The van der Waals surface area contributed by atoms with Gasteiger partial charge in [0.15, 0.2) is 0 Å². The molecule has 0 aliphatic heterocycles. The van der Waals surface area contributed by atoms with Crippen molar-refractivity contribution in [2.24, 2.45) is 11.3 Å². The quantitative estimate of drug-likeness (QED) is 0.817. The highest BCUT2D eigenvalue weighted by Crippen LogP contribution is 2.55. The van der Waals surface area contributed by atoms with E-state index in [1.807, 2.05) is 0 Å². The molecule has 1 saturated carbocycles. The Kier molecular flexibility index (Phi) is 3.99. The number of carboxylic acid groups (broad SMARTS) is 1. The third-order valence-corrected chi connectivity index (χ3v) is 5.46. The average molecular weight is 244 g/mol. The Bertz CT molecular complexity index is 262. The number of carbonyl (C=O) groups is 1. The van der Waals surface area contributed by atoms with Gasteiger partial charge in [-0.2, -0.15) is 0 Å². The summed E-state index contributed by atoms with van der Waals surface area (Å²) in [7, 11) is 0. The fourth-order valence-corrected chi connectivity index (χ4v) is 3.77. The average Bonchev–Trinajstić information content (AvgIpc) is 2.07. The minimum atomic E-state index is -0.613. The fraction of sp³-hybridized carbons (Fsp3) is 0.923. The molecule has 1 N–H and O–H groups in total. The van der Waals surface area contributed by atoms with E-state index in [0.29, 0.717) is 11.2 Å². The van der Waals surface area contributed by atoms with Crippen molar-refractivity contribution >= 4 is 17.7 Å². The Labute approximate surface area is 103 Å². The van der Waals surface area contributed by atoms with Crippen LogP contribution in [0.5, 0.6) is 0 Å². The maximum absolute atomic E-state index is 11.4. The van der Waals surface area contributed by atoms with E-state index >= 15 is 0 Å². The van der Waals surface area contributed by atoms with Crippen molar-refractivity contribution in [3.63, 3.8) is 0 Å². The van der Waals surface area contributed by atoms with Gasteiger partial charge in [0, 0.05) is 5.25 Å². The van der Waals surface area contributed by atoms with E-state index in [1.54, 1.807) is 11.8 Å². The lowest BCUT2D eigenvalue weighted by Crippen LogP contribution is -2.52. The molecule has 2 nitrogen and oxygen atoms in total. The highest BCUT2D eigenvalue weighted by Gasteiger charge is 2.54. The SMILES string of the molecule is CCC(C)SC1(C(=O)O)CC(C(C)(C)C)C1. The van der Waals surface area contributed by atoms with Gasteiger partial charge in [-0.3, -0.25) is 4.79 Å². The van der Waals surface area contributed by atoms with Crippen molar-refractivity contribution in [3.05, 3.63) is 0 Å². The van der Waals surface area contributed by atoms with E-state index in [1.165, 1.54) is 0 Å². The van der Waals surface area contributed by atoms with Crippen LogP contribution in [0.1, 0.15) is 53.9 Å². The molecule has 94 valence electrons. The molecule has 1 unspecified atom stereocenters. The lowest BCUT2D eigenvalue weighted by Gasteiger charge is -2.50. The van der Waals surface area contributed by atoms with E-state index in [0.717, 1.165) is 19.3 Å². The first-order valence-corrected chi connectivity index (χ1v) is 7.00. The maximum atomic E-state index is 11.4. The molecule has 1 aliphatic carbocycles. The van der Waals surface area contributed by atoms with Gasteiger partial charge >= 0.3 is 5.97 Å². The molecule has 1 fully saturated rings. The molecule has 0 radical (unpaired) electrons. The van der Waals surface area contributed by atoms with Gasteiger partial charge in [-0.15, -0.1) is 11.8 Å². The maximum Gasteiger partial charge on any atom is 0.319 e. The molecule has 0 aromatic rings. The summed E-state index contributed by atoms with van der Waals surface area (Å²) in [6, 6.07) is 0. The van der Waals surface area contributed by atoms with E-state index in [9.17, 15) is 9.90 Å². The van der Waals surface area contributed by atoms with Gasteiger partial charge in [-0.1, -0.05) is 34.6 Å². The zero-order valence-corrected chi connectivity index (χ0v) is 11.9. The van der Waals surface area contributed by atoms with Crippen molar-refractivity contribution in [2.45, 2.75) is 63.9 Å². The zero-order chi connectivity index (χ0) is 12.6. The Hall–Kier alpha value is -0.180. The molecule has 16 heavy (non-hydrogen) atoms. The van der Waals surface area contributed by atoms with Crippen molar-refractivity contribution in [3.8, 4) is 0 Å². The standard InChI is InChI=1S/C13H24O2S/c1-6-9(2)16-13(11(14)15)7-10(8-13)12(3,4)5/h9-10H,6-8H2,1-5H3,(H,14,15). The predicted molar refractivity (Wildman–Crippen MR) is 69.9 cm³/mol. The summed E-state index contributed by atoms with van der Waals surface area (Å²) >= 11 is 1.66. The van der Waals surface area contributed by atoms with E-state index in [-0.39, 0.29) is 5.41 Å². The Morgan fingerprint density at radius 2 is 2.00 bits per heavy atom. The number of hydrogen-bond donors (Lipinski definition) is 1. The molecule has 0 heterocycles. The van der Waals surface area contributed by atoms with Crippen LogP contribution in [0.3, 0.4) is 0 Å². The van der Waals surface area contributed by atoms with Crippen LogP contribution in [0, 0.1) is 11.3 Å². The molecule has 0 bridgehead atoms. The second-order valence-corrected chi connectivity index (χ2v) is 7.93. The van der Waals surface area contributed by atoms with Crippen LogP contribution >= 0.6 is 11.8 Å². The van der Waals surface area contributed by atoms with Crippen molar-refractivity contribution < 1.29 is 9.90 Å². The van der Waals surface area contributed by atoms with E-state index in [2.05, 4.69) is 34.6 Å². The van der Waals surface area contributed by atoms with Gasteiger partial charge in [0.25, 0.3) is 0 Å². The summed E-state index contributed by atoms with van der Waals surface area (Å²) in [5.74, 6) is -0.0570. The van der Waals surface area contributed by atoms with Crippen LogP contribution in [0.15, 0.2) is 0 Å². The molecule has 1 rings (SSSR count). The zero-order valence-electron chi connectivity index (χ0n) is 11.0. The van der Waals surface area contributed by atoms with Gasteiger partial charge in [-0.25, -0.2) is 0 Å². The van der Waals surface area contributed by atoms with Crippen LogP contribution < -0.4 is 0 Å². The highest BCUT2D eigenvalue weighted by atomic mass is 32.2. The molecule has 3 heteroatoms. The highest BCUT2D eigenvalue weighted by molar-refractivity contribution is 8.02. The normalized spacial score (nSPS) is 31.9. The van der Waals surface area contributed by atoms with E-state index in [4.69, 9.17) is 0 Å². The van der Waals surface area contributed by atoms with Crippen molar-refractivity contribution in [2.75, 3.05) is 0 Å². The van der Waals surface area contributed by atoms with Gasteiger partial charge in [0.2, 0.25) is 0 Å². The lowest BCUT2D eigenvalue weighted by atomic mass is 9.62. The third-order valence-electron chi connectivity index (χ3n) is 3.77. The number of carboxylic acids is 1. The van der Waals surface area contributed by atoms with Crippen LogP contribution in [0.4, 0.5) is 0 Å². The topological polar surface area (TPSA) is 37.3 Å². The minimum Gasteiger partial charge on any atom is -0.480 e. The lowest BCUT2D eigenvalue weighted by molar-refractivity contribution is -0.145. The summed E-state index contributed by atoms with van der Waals surface area (Å²) in [6.07, 6.45) is 2.71. The summed E-state index contributed by atoms with van der Waals surface area (Å²) in [5, 5.41) is 9.83. The first-order valence-electron chi connectivity index (χ1n) is 6.12. The molecule has 1 aliphatic rings. The number of rotatable bonds is 4. The molecular formula is C13H24O2S. The van der Waals surface area contributed by atoms with Crippen LogP contribution in [0.25, 0.3) is 0 Å². The van der Waals surface area contributed by atoms with Gasteiger partial charge in [-0.05, 0) is 30.6 Å². The fourth-order valence-electron chi connectivity index (χ4n) is 2.14. The van der Waals surface area contributed by atoms with Crippen molar-refractivity contribution in [1.82, 2.24) is 0 Å². The molecule has 0 aromatic heterocycles. The largest absolute Gasteiger partial charge is 0.480 e. The predicted octanol–water partition coefficient (Wildman–Crippen LogP) is 3.80. The smallest absolute Gasteiger partial charge is 0.319 e. The Morgan fingerprint density at radius 3 is 2.31 bits per heavy atom. The molecule has 0 spiro atoms. The summed E-state index contributed by atoms with van der Waals surface area (Å²) in [6.45, 7) is 10.9. The molecule has 0 amide bonds.